The van der Waals surface area contributed by atoms with E-state index in [1.165, 1.54) is 35.0 Å². The molecule has 0 spiro atoms. The Kier molecular flexibility index (Phi) is 4.76. The van der Waals surface area contributed by atoms with Gasteiger partial charge in [-0.1, -0.05) is 24.3 Å². The van der Waals surface area contributed by atoms with Crippen LogP contribution < -0.4 is 10.9 Å². The highest BCUT2D eigenvalue weighted by atomic mass is 16.2. The van der Waals surface area contributed by atoms with Crippen molar-refractivity contribution in [2.24, 2.45) is 7.05 Å². The van der Waals surface area contributed by atoms with Crippen LogP contribution in [0.2, 0.25) is 0 Å². The monoisotopic (exact) mass is 326 g/mol. The van der Waals surface area contributed by atoms with Crippen molar-refractivity contribution in [1.82, 2.24) is 20.0 Å². The smallest absolute Gasteiger partial charge is 0.271 e. The van der Waals surface area contributed by atoms with Crippen molar-refractivity contribution in [3.05, 3.63) is 63.6 Å². The molecule has 0 saturated heterocycles. The molecule has 1 unspecified atom stereocenters. The van der Waals surface area contributed by atoms with E-state index in [4.69, 9.17) is 0 Å². The van der Waals surface area contributed by atoms with Crippen LogP contribution in [-0.2, 0) is 20.0 Å². The summed E-state index contributed by atoms with van der Waals surface area (Å²) in [7, 11) is 1.53. The molecule has 2 heterocycles. The number of nitrogens with zero attached hydrogens (tertiary/aromatic N) is 3. The quantitative estimate of drug-likeness (QED) is 0.909. The third-order valence-electron chi connectivity index (χ3n) is 4.53. The maximum Gasteiger partial charge on any atom is 0.271 e. The molecule has 2 aromatic rings. The molecule has 1 aliphatic rings. The fraction of sp³-hybridized carbons (Fsp3) is 0.389. The van der Waals surface area contributed by atoms with Crippen molar-refractivity contribution in [2.45, 2.75) is 25.9 Å². The van der Waals surface area contributed by atoms with Crippen LogP contribution in [0.15, 0.2) is 41.2 Å². The summed E-state index contributed by atoms with van der Waals surface area (Å²) in [5.74, 6) is -0.255. The van der Waals surface area contributed by atoms with E-state index in [-0.39, 0.29) is 23.2 Å². The van der Waals surface area contributed by atoms with Crippen LogP contribution >= 0.6 is 0 Å². The Morgan fingerprint density at radius 2 is 2.00 bits per heavy atom. The van der Waals surface area contributed by atoms with Gasteiger partial charge in [-0.3, -0.25) is 14.5 Å². The molecule has 0 fully saturated rings. The Bertz CT molecular complexity index is 800. The molecule has 1 N–H and O–H groups in total. The molecule has 0 radical (unpaired) electrons. The van der Waals surface area contributed by atoms with E-state index in [0.717, 1.165) is 19.5 Å². The van der Waals surface area contributed by atoms with Gasteiger partial charge in [-0.2, -0.15) is 5.10 Å². The Balaban J connectivity index is 1.57. The molecule has 1 aromatic heterocycles. The molecule has 1 atom stereocenters. The summed E-state index contributed by atoms with van der Waals surface area (Å²) >= 11 is 0. The fourth-order valence-corrected chi connectivity index (χ4v) is 2.98. The largest absolute Gasteiger partial charge is 0.349 e. The first kappa shape index (κ1) is 16.4. The zero-order valence-corrected chi connectivity index (χ0v) is 14.0. The molecule has 1 aliphatic heterocycles. The lowest BCUT2D eigenvalue weighted by molar-refractivity contribution is 0.0925. The predicted molar refractivity (Wildman–Crippen MR) is 91.8 cm³/mol. The summed E-state index contributed by atoms with van der Waals surface area (Å²) in [5.41, 5.74) is 2.81. The van der Waals surface area contributed by atoms with Gasteiger partial charge >= 0.3 is 0 Å². The first-order chi connectivity index (χ1) is 11.5. The molecule has 6 nitrogen and oxygen atoms in total. The molecule has 0 bridgehead atoms. The number of fused-ring (bicyclic) bond motifs is 1. The molecule has 3 rings (SSSR count). The summed E-state index contributed by atoms with van der Waals surface area (Å²) < 4.78 is 1.17. The van der Waals surface area contributed by atoms with Crippen molar-refractivity contribution in [3.8, 4) is 0 Å². The Labute approximate surface area is 141 Å². The second-order valence-corrected chi connectivity index (χ2v) is 6.23. The van der Waals surface area contributed by atoms with Gasteiger partial charge in [0.15, 0.2) is 0 Å². The molecular weight excluding hydrogens is 304 g/mol. The fourth-order valence-electron chi connectivity index (χ4n) is 2.98. The van der Waals surface area contributed by atoms with Gasteiger partial charge in [0.1, 0.15) is 5.69 Å². The third-order valence-corrected chi connectivity index (χ3v) is 4.53. The van der Waals surface area contributed by atoms with Gasteiger partial charge in [0.2, 0.25) is 0 Å². The van der Waals surface area contributed by atoms with E-state index in [1.807, 2.05) is 0 Å². The van der Waals surface area contributed by atoms with E-state index < -0.39 is 0 Å². The molecule has 126 valence electrons. The van der Waals surface area contributed by atoms with Crippen molar-refractivity contribution < 1.29 is 4.79 Å². The Morgan fingerprint density at radius 1 is 1.25 bits per heavy atom. The van der Waals surface area contributed by atoms with E-state index in [9.17, 15) is 9.59 Å². The first-order valence-electron chi connectivity index (χ1n) is 8.18. The van der Waals surface area contributed by atoms with E-state index in [0.29, 0.717) is 6.54 Å². The number of benzene rings is 1. The molecule has 6 heteroatoms. The van der Waals surface area contributed by atoms with Gasteiger partial charge in [0.05, 0.1) is 0 Å². The average molecular weight is 326 g/mol. The van der Waals surface area contributed by atoms with Crippen LogP contribution in [-0.4, -0.2) is 39.7 Å². The number of hydrogen-bond donors (Lipinski definition) is 1. The van der Waals surface area contributed by atoms with Crippen molar-refractivity contribution in [2.75, 3.05) is 13.1 Å². The minimum atomic E-state index is -0.255. The maximum atomic E-state index is 12.2. The normalized spacial score (nSPS) is 15.6. The zero-order valence-electron chi connectivity index (χ0n) is 14.0. The molecular formula is C18H22N4O2. The Morgan fingerprint density at radius 3 is 2.75 bits per heavy atom. The summed E-state index contributed by atoms with van der Waals surface area (Å²) in [5, 5.41) is 6.88. The minimum Gasteiger partial charge on any atom is -0.349 e. The topological polar surface area (TPSA) is 67.2 Å². The number of aryl methyl sites for hydroxylation is 1. The highest BCUT2D eigenvalue weighted by molar-refractivity contribution is 5.91. The van der Waals surface area contributed by atoms with Crippen molar-refractivity contribution in [3.63, 3.8) is 0 Å². The number of aromatic nitrogens is 2. The lowest BCUT2D eigenvalue weighted by Gasteiger charge is -2.33. The highest BCUT2D eigenvalue weighted by Crippen LogP contribution is 2.19. The SMILES string of the molecule is CC(CNC(=O)c1ccc(=O)n(C)n1)N1CCc2ccccc2C1. The van der Waals surface area contributed by atoms with Crippen molar-refractivity contribution >= 4 is 5.91 Å². The minimum absolute atomic E-state index is 0.230. The lowest BCUT2D eigenvalue weighted by Crippen LogP contribution is -2.44. The third kappa shape index (κ3) is 3.54. The summed E-state index contributed by atoms with van der Waals surface area (Å²) in [6.07, 6.45) is 1.04. The molecule has 1 amide bonds. The van der Waals surface area contributed by atoms with Gasteiger partial charge < -0.3 is 5.32 Å². The van der Waals surface area contributed by atoms with Gasteiger partial charge in [0, 0.05) is 38.8 Å². The molecule has 0 saturated carbocycles. The standard InChI is InChI=1S/C18H22N4O2/c1-13(22-10-9-14-5-3-4-6-15(14)12-22)11-19-18(24)16-7-8-17(23)21(2)20-16/h3-8,13H,9-12H2,1-2H3,(H,19,24). The maximum absolute atomic E-state index is 12.2. The van der Waals surface area contributed by atoms with Crippen LogP contribution in [0.25, 0.3) is 0 Å². The van der Waals surface area contributed by atoms with Gasteiger partial charge in [-0.25, -0.2) is 4.68 Å². The van der Waals surface area contributed by atoms with Crippen LogP contribution in [0.3, 0.4) is 0 Å². The number of carbonyl (C=O) groups excluding carboxylic acids is 1. The number of nitrogens with one attached hydrogen (secondary N) is 1. The highest BCUT2D eigenvalue weighted by Gasteiger charge is 2.21. The van der Waals surface area contributed by atoms with E-state index in [1.54, 1.807) is 0 Å². The van der Waals surface area contributed by atoms with E-state index in [2.05, 4.69) is 46.5 Å². The average Bonchev–Trinajstić information content (AvgIpc) is 2.61. The first-order valence-corrected chi connectivity index (χ1v) is 8.18. The predicted octanol–water partition coefficient (Wildman–Crippen LogP) is 0.957. The summed E-state index contributed by atoms with van der Waals surface area (Å²) in [6.45, 7) is 4.56. The van der Waals surface area contributed by atoms with Gasteiger partial charge in [-0.15, -0.1) is 0 Å². The second-order valence-electron chi connectivity index (χ2n) is 6.23. The van der Waals surface area contributed by atoms with Crippen LogP contribution in [0.5, 0.6) is 0 Å². The lowest BCUT2D eigenvalue weighted by atomic mass is 9.99. The Hall–Kier alpha value is -2.47. The van der Waals surface area contributed by atoms with Gasteiger partial charge in [-0.05, 0) is 30.5 Å². The number of rotatable bonds is 4. The number of hydrogen-bond acceptors (Lipinski definition) is 4. The van der Waals surface area contributed by atoms with Crippen LogP contribution in [0, 0.1) is 0 Å². The summed E-state index contributed by atoms with van der Waals surface area (Å²) in [6, 6.07) is 11.5. The second kappa shape index (κ2) is 6.97. The van der Waals surface area contributed by atoms with Crippen LogP contribution in [0.1, 0.15) is 28.5 Å². The zero-order chi connectivity index (χ0) is 17.1. The molecule has 24 heavy (non-hydrogen) atoms. The summed E-state index contributed by atoms with van der Waals surface area (Å²) in [4.78, 5) is 25.9. The van der Waals surface area contributed by atoms with Gasteiger partial charge in [0.25, 0.3) is 11.5 Å². The van der Waals surface area contributed by atoms with E-state index >= 15 is 0 Å². The number of carbonyl (C=O) groups is 1. The van der Waals surface area contributed by atoms with Crippen molar-refractivity contribution in [1.29, 1.82) is 0 Å². The molecule has 1 aromatic carbocycles. The van der Waals surface area contributed by atoms with Crippen LogP contribution in [0.4, 0.5) is 0 Å². The molecule has 0 aliphatic carbocycles. The number of amides is 1.